The highest BCUT2D eigenvalue weighted by Gasteiger charge is 2.10. The predicted molar refractivity (Wildman–Crippen MR) is 35.8 cm³/mol. The molecule has 0 saturated heterocycles. The van der Waals surface area contributed by atoms with Crippen LogP contribution >= 0.6 is 0 Å². The highest BCUT2D eigenvalue weighted by molar-refractivity contribution is 4.69. The van der Waals surface area contributed by atoms with Crippen LogP contribution in [0.5, 0.6) is 0 Å². The molecule has 2 N–H and O–H groups in total. The number of rotatable bonds is 4. The van der Waals surface area contributed by atoms with E-state index in [4.69, 9.17) is 5.73 Å². The molecular formula is C5H12N2O3. The number of nitrogens with zero attached hydrogens (tertiary/aromatic N) is 1. The molecule has 0 rings (SSSR count). The number of hydrogen-bond donors (Lipinski definition) is 1. The Morgan fingerprint density at radius 3 is 2.50 bits per heavy atom. The summed E-state index contributed by atoms with van der Waals surface area (Å²) in [5, 5.41) is 8.81. The van der Waals surface area contributed by atoms with Crippen LogP contribution in [0.15, 0.2) is 0 Å². The molecule has 0 aliphatic carbocycles. The highest BCUT2D eigenvalue weighted by Crippen LogP contribution is 2.02. The fourth-order valence-corrected chi connectivity index (χ4v) is 0.383. The van der Waals surface area contributed by atoms with Gasteiger partial charge in [0.05, 0.1) is 6.61 Å². The van der Waals surface area contributed by atoms with Gasteiger partial charge in [0.25, 0.3) is 5.09 Å². The van der Waals surface area contributed by atoms with Crippen molar-refractivity contribution in [3.8, 4) is 0 Å². The smallest absolute Gasteiger partial charge is 0.294 e. The molecule has 5 nitrogen and oxygen atoms in total. The minimum atomic E-state index is -0.814. The average molecular weight is 148 g/mol. The van der Waals surface area contributed by atoms with Crippen molar-refractivity contribution in [2.45, 2.75) is 25.8 Å². The molecule has 0 atom stereocenters. The van der Waals surface area contributed by atoms with Crippen molar-refractivity contribution in [1.29, 1.82) is 0 Å². The zero-order valence-electron chi connectivity index (χ0n) is 6.16. The van der Waals surface area contributed by atoms with Gasteiger partial charge in [-0.2, -0.15) is 0 Å². The first-order chi connectivity index (χ1) is 4.42. The zero-order chi connectivity index (χ0) is 8.20. The third kappa shape index (κ3) is 7.16. The Hall–Kier alpha value is -0.840. The number of nitrogens with two attached hydrogens (primary N) is 1. The van der Waals surface area contributed by atoms with Gasteiger partial charge in [-0.25, -0.2) is 0 Å². The summed E-state index contributed by atoms with van der Waals surface area (Å²) in [6.45, 7) is 3.64. The van der Waals surface area contributed by atoms with Crippen molar-refractivity contribution < 1.29 is 9.92 Å². The molecule has 0 aliphatic heterocycles. The Balaban J connectivity index is 3.29. The minimum Gasteiger partial charge on any atom is -0.325 e. The molecule has 0 aromatic heterocycles. The first-order valence-electron chi connectivity index (χ1n) is 2.98. The second-order valence-electron chi connectivity index (χ2n) is 2.80. The van der Waals surface area contributed by atoms with Crippen LogP contribution in [0.25, 0.3) is 0 Å². The zero-order valence-corrected chi connectivity index (χ0v) is 6.16. The largest absolute Gasteiger partial charge is 0.325 e. The molecule has 0 aromatic rings. The van der Waals surface area contributed by atoms with Crippen molar-refractivity contribution in [3.05, 3.63) is 10.1 Å². The van der Waals surface area contributed by atoms with E-state index in [1.807, 2.05) is 0 Å². The molecule has 5 heteroatoms. The Kier molecular flexibility index (Phi) is 3.08. The van der Waals surface area contributed by atoms with Gasteiger partial charge in [0.2, 0.25) is 0 Å². The summed E-state index contributed by atoms with van der Waals surface area (Å²) in [4.78, 5) is 13.7. The van der Waals surface area contributed by atoms with Gasteiger partial charge in [0.15, 0.2) is 0 Å². The Morgan fingerprint density at radius 1 is 1.70 bits per heavy atom. The van der Waals surface area contributed by atoms with E-state index in [0.29, 0.717) is 6.42 Å². The lowest BCUT2D eigenvalue weighted by Crippen LogP contribution is -2.33. The molecule has 0 aromatic carbocycles. The van der Waals surface area contributed by atoms with Gasteiger partial charge in [0.1, 0.15) is 0 Å². The van der Waals surface area contributed by atoms with Gasteiger partial charge in [-0.15, -0.1) is 10.1 Å². The van der Waals surface area contributed by atoms with Crippen LogP contribution < -0.4 is 5.73 Å². The second kappa shape index (κ2) is 3.36. The van der Waals surface area contributed by atoms with Crippen LogP contribution in [0.3, 0.4) is 0 Å². The SMILES string of the molecule is CC(C)(N)CCO[N+](=O)[O-]. The van der Waals surface area contributed by atoms with Gasteiger partial charge in [-0.1, -0.05) is 0 Å². The summed E-state index contributed by atoms with van der Waals surface area (Å²) in [7, 11) is 0. The van der Waals surface area contributed by atoms with Crippen molar-refractivity contribution >= 4 is 0 Å². The molecule has 0 spiro atoms. The van der Waals surface area contributed by atoms with E-state index >= 15 is 0 Å². The molecular weight excluding hydrogens is 136 g/mol. The van der Waals surface area contributed by atoms with Crippen LogP contribution in [0, 0.1) is 10.1 Å². The standard InChI is InChI=1S/C5H12N2O3/c1-5(2,6)3-4-10-7(8)9/h3-4,6H2,1-2H3. The van der Waals surface area contributed by atoms with E-state index in [-0.39, 0.29) is 6.61 Å². The van der Waals surface area contributed by atoms with Crippen molar-refractivity contribution in [2.75, 3.05) is 6.61 Å². The first kappa shape index (κ1) is 9.16. The van der Waals surface area contributed by atoms with E-state index in [0.717, 1.165) is 0 Å². The lowest BCUT2D eigenvalue weighted by Gasteiger charge is -2.16. The molecule has 0 bridgehead atoms. The maximum atomic E-state index is 9.63. The predicted octanol–water partition coefficient (Wildman–Crippen LogP) is 0.322. The summed E-state index contributed by atoms with van der Waals surface area (Å²) in [5.74, 6) is 0. The topological polar surface area (TPSA) is 78.4 Å². The third-order valence-corrected chi connectivity index (χ3v) is 0.943. The van der Waals surface area contributed by atoms with Crippen molar-refractivity contribution in [1.82, 2.24) is 0 Å². The fourth-order valence-electron chi connectivity index (χ4n) is 0.383. The van der Waals surface area contributed by atoms with E-state index in [1.165, 1.54) is 0 Å². The quantitative estimate of drug-likeness (QED) is 0.460. The Bertz CT molecular complexity index is 119. The van der Waals surface area contributed by atoms with Crippen molar-refractivity contribution in [2.24, 2.45) is 5.73 Å². The van der Waals surface area contributed by atoms with E-state index in [2.05, 4.69) is 4.84 Å². The van der Waals surface area contributed by atoms with Gasteiger partial charge in [-0.3, -0.25) is 0 Å². The van der Waals surface area contributed by atoms with Gasteiger partial charge < -0.3 is 10.6 Å². The summed E-state index contributed by atoms with van der Waals surface area (Å²) in [6, 6.07) is 0. The Morgan fingerprint density at radius 2 is 2.20 bits per heavy atom. The summed E-state index contributed by atoms with van der Waals surface area (Å²) < 4.78 is 0. The molecule has 0 heterocycles. The summed E-state index contributed by atoms with van der Waals surface area (Å²) in [6.07, 6.45) is 0.480. The van der Waals surface area contributed by atoms with E-state index < -0.39 is 10.6 Å². The summed E-state index contributed by atoms with van der Waals surface area (Å²) >= 11 is 0. The van der Waals surface area contributed by atoms with Gasteiger partial charge in [0, 0.05) is 5.54 Å². The Labute approximate surface area is 59.3 Å². The molecule has 0 radical (unpaired) electrons. The average Bonchev–Trinajstić information content (AvgIpc) is 1.59. The molecule has 0 aliphatic rings. The monoisotopic (exact) mass is 148 g/mol. The van der Waals surface area contributed by atoms with E-state index in [1.54, 1.807) is 13.8 Å². The molecule has 10 heavy (non-hydrogen) atoms. The minimum absolute atomic E-state index is 0.0660. The first-order valence-corrected chi connectivity index (χ1v) is 2.98. The molecule has 0 fully saturated rings. The van der Waals surface area contributed by atoms with Crippen LogP contribution in [0.2, 0.25) is 0 Å². The van der Waals surface area contributed by atoms with Crippen LogP contribution in [-0.2, 0) is 4.84 Å². The van der Waals surface area contributed by atoms with E-state index in [9.17, 15) is 10.1 Å². The van der Waals surface area contributed by atoms with Crippen molar-refractivity contribution in [3.63, 3.8) is 0 Å². The molecule has 0 saturated carbocycles. The highest BCUT2D eigenvalue weighted by atomic mass is 16.9. The molecule has 0 amide bonds. The van der Waals surface area contributed by atoms with Gasteiger partial charge in [-0.05, 0) is 20.3 Å². The fraction of sp³-hybridized carbons (Fsp3) is 1.00. The third-order valence-electron chi connectivity index (χ3n) is 0.943. The maximum absolute atomic E-state index is 9.63. The van der Waals surface area contributed by atoms with Crippen LogP contribution in [-0.4, -0.2) is 17.2 Å². The van der Waals surface area contributed by atoms with Crippen LogP contribution in [0.4, 0.5) is 0 Å². The summed E-state index contributed by atoms with van der Waals surface area (Å²) in [5.41, 5.74) is 5.13. The normalized spacial score (nSPS) is 11.1. The number of hydrogen-bond acceptors (Lipinski definition) is 4. The lowest BCUT2D eigenvalue weighted by molar-refractivity contribution is -0.758. The van der Waals surface area contributed by atoms with Gasteiger partial charge >= 0.3 is 0 Å². The lowest BCUT2D eigenvalue weighted by atomic mass is 10.0. The maximum Gasteiger partial charge on any atom is 0.294 e. The molecule has 60 valence electrons. The second-order valence-corrected chi connectivity index (χ2v) is 2.80. The van der Waals surface area contributed by atoms with Crippen LogP contribution in [0.1, 0.15) is 20.3 Å². The molecule has 0 unspecified atom stereocenters.